The molecule has 0 saturated heterocycles. The molecule has 0 fully saturated rings. The van der Waals surface area contributed by atoms with Crippen LogP contribution in [-0.4, -0.2) is 21.8 Å². The van der Waals surface area contributed by atoms with Crippen LogP contribution in [0.4, 0.5) is 5.13 Å². The van der Waals surface area contributed by atoms with Crippen molar-refractivity contribution in [2.75, 3.05) is 11.9 Å². The summed E-state index contributed by atoms with van der Waals surface area (Å²) >= 11 is 1.45. The molecule has 0 aliphatic rings. The fraction of sp³-hybridized carbons (Fsp3) is 0.455. The average molecular weight is 253 g/mol. The van der Waals surface area contributed by atoms with Crippen molar-refractivity contribution in [1.29, 1.82) is 0 Å². The summed E-state index contributed by atoms with van der Waals surface area (Å²) in [5.74, 6) is 1.33. The van der Waals surface area contributed by atoms with Crippen molar-refractivity contribution >= 4 is 16.5 Å². The topological polar surface area (TPSA) is 71.2 Å². The van der Waals surface area contributed by atoms with Gasteiger partial charge in [0, 0.05) is 0 Å². The molecule has 2 aromatic rings. The molecule has 2 rings (SSSR count). The summed E-state index contributed by atoms with van der Waals surface area (Å²) in [6, 6.07) is 3.61. The Morgan fingerprint density at radius 1 is 1.41 bits per heavy atom. The van der Waals surface area contributed by atoms with E-state index in [2.05, 4.69) is 15.5 Å². The smallest absolute Gasteiger partial charge is 0.205 e. The second-order valence-corrected chi connectivity index (χ2v) is 5.35. The van der Waals surface area contributed by atoms with Gasteiger partial charge in [0.25, 0.3) is 0 Å². The molecule has 0 aliphatic carbocycles. The number of hydrogen-bond donors (Lipinski definition) is 2. The number of aryl methyl sites for hydroxylation is 2. The number of hydrogen-bond acceptors (Lipinski definition) is 6. The molecule has 0 spiro atoms. The molecule has 0 saturated carbocycles. The Balaban J connectivity index is 2.02. The molecule has 0 amide bonds. The van der Waals surface area contributed by atoms with Crippen molar-refractivity contribution in [2.24, 2.45) is 0 Å². The zero-order chi connectivity index (χ0) is 12.5. The first-order chi connectivity index (χ1) is 7.97. The lowest BCUT2D eigenvalue weighted by molar-refractivity contribution is 0.0468. The third-order valence-electron chi connectivity index (χ3n) is 2.38. The van der Waals surface area contributed by atoms with Crippen LogP contribution in [0.15, 0.2) is 16.5 Å². The molecule has 2 aromatic heterocycles. The molecule has 2 N–H and O–H groups in total. The highest BCUT2D eigenvalue weighted by Gasteiger charge is 2.26. The van der Waals surface area contributed by atoms with Crippen LogP contribution in [0.25, 0.3) is 0 Å². The fourth-order valence-corrected chi connectivity index (χ4v) is 2.01. The first-order valence-corrected chi connectivity index (χ1v) is 6.12. The van der Waals surface area contributed by atoms with Gasteiger partial charge >= 0.3 is 0 Å². The van der Waals surface area contributed by atoms with Crippen molar-refractivity contribution in [3.63, 3.8) is 0 Å². The van der Waals surface area contributed by atoms with Gasteiger partial charge in [-0.25, -0.2) is 0 Å². The van der Waals surface area contributed by atoms with Gasteiger partial charge in [0.05, 0.1) is 6.54 Å². The predicted octanol–water partition coefficient (Wildman–Crippen LogP) is 2.07. The van der Waals surface area contributed by atoms with Crippen LogP contribution in [0.5, 0.6) is 0 Å². The summed E-state index contributed by atoms with van der Waals surface area (Å²) in [5, 5.41) is 22.7. The van der Waals surface area contributed by atoms with Gasteiger partial charge < -0.3 is 14.8 Å². The molecule has 6 heteroatoms. The van der Waals surface area contributed by atoms with Crippen LogP contribution in [0.3, 0.4) is 0 Å². The Morgan fingerprint density at radius 3 is 2.71 bits per heavy atom. The summed E-state index contributed by atoms with van der Waals surface area (Å²) < 4.78 is 5.42. The van der Waals surface area contributed by atoms with E-state index >= 15 is 0 Å². The summed E-state index contributed by atoms with van der Waals surface area (Å²) in [6.07, 6.45) is 0. The minimum atomic E-state index is -1.06. The standard InChI is InChI=1S/C11H15N3O2S/c1-7-4-5-9(16-7)11(3,15)6-12-10-14-13-8(2)17-10/h4-5,15H,6H2,1-3H3,(H,12,14). The normalized spacial score (nSPS) is 14.6. The first-order valence-electron chi connectivity index (χ1n) is 5.31. The molecule has 0 bridgehead atoms. The third-order valence-corrected chi connectivity index (χ3v) is 3.18. The molecule has 2 heterocycles. The van der Waals surface area contributed by atoms with Crippen LogP contribution in [0, 0.1) is 13.8 Å². The highest BCUT2D eigenvalue weighted by atomic mass is 32.1. The number of anilines is 1. The van der Waals surface area contributed by atoms with E-state index in [1.807, 2.05) is 19.9 Å². The maximum atomic E-state index is 10.3. The van der Waals surface area contributed by atoms with E-state index in [9.17, 15) is 5.11 Å². The van der Waals surface area contributed by atoms with Crippen LogP contribution in [0.2, 0.25) is 0 Å². The lowest BCUT2D eigenvalue weighted by Gasteiger charge is -2.20. The molecule has 0 radical (unpaired) electrons. The highest BCUT2D eigenvalue weighted by molar-refractivity contribution is 7.15. The van der Waals surface area contributed by atoms with Gasteiger partial charge in [0.2, 0.25) is 5.13 Å². The minimum Gasteiger partial charge on any atom is -0.463 e. The van der Waals surface area contributed by atoms with Crippen molar-refractivity contribution in [2.45, 2.75) is 26.4 Å². The van der Waals surface area contributed by atoms with Crippen molar-refractivity contribution < 1.29 is 9.52 Å². The Hall–Kier alpha value is -1.40. The maximum absolute atomic E-state index is 10.3. The average Bonchev–Trinajstić information content (AvgIpc) is 2.85. The van der Waals surface area contributed by atoms with Gasteiger partial charge in [-0.05, 0) is 32.9 Å². The van der Waals surface area contributed by atoms with Gasteiger partial charge in [-0.2, -0.15) is 0 Å². The molecular weight excluding hydrogens is 238 g/mol. The number of furan rings is 1. The van der Waals surface area contributed by atoms with Gasteiger partial charge in [0.1, 0.15) is 22.1 Å². The van der Waals surface area contributed by atoms with Crippen LogP contribution < -0.4 is 5.32 Å². The van der Waals surface area contributed by atoms with Gasteiger partial charge in [-0.3, -0.25) is 0 Å². The monoisotopic (exact) mass is 253 g/mol. The van der Waals surface area contributed by atoms with E-state index in [4.69, 9.17) is 4.42 Å². The second kappa shape index (κ2) is 4.46. The number of nitrogens with zero attached hydrogens (tertiary/aromatic N) is 2. The van der Waals surface area contributed by atoms with Crippen LogP contribution >= 0.6 is 11.3 Å². The van der Waals surface area contributed by atoms with Crippen molar-refractivity contribution in [3.8, 4) is 0 Å². The van der Waals surface area contributed by atoms with E-state index in [1.54, 1.807) is 13.0 Å². The van der Waals surface area contributed by atoms with Crippen LogP contribution in [0.1, 0.15) is 23.5 Å². The number of aliphatic hydroxyl groups is 1. The molecule has 1 atom stereocenters. The van der Waals surface area contributed by atoms with Crippen molar-refractivity contribution in [3.05, 3.63) is 28.7 Å². The molecule has 0 aromatic carbocycles. The van der Waals surface area contributed by atoms with E-state index in [0.717, 1.165) is 10.8 Å². The molecule has 5 nitrogen and oxygen atoms in total. The molecule has 92 valence electrons. The summed E-state index contributed by atoms with van der Waals surface area (Å²) in [7, 11) is 0. The molecule has 17 heavy (non-hydrogen) atoms. The molecule has 1 unspecified atom stereocenters. The summed E-state index contributed by atoms with van der Waals surface area (Å²) in [4.78, 5) is 0. The van der Waals surface area contributed by atoms with Gasteiger partial charge in [-0.15, -0.1) is 10.2 Å². The Bertz CT molecular complexity index is 504. The number of nitrogens with one attached hydrogen (secondary N) is 1. The minimum absolute atomic E-state index is 0.328. The highest BCUT2D eigenvalue weighted by Crippen LogP contribution is 2.24. The zero-order valence-electron chi connectivity index (χ0n) is 10.0. The molecular formula is C11H15N3O2S. The quantitative estimate of drug-likeness (QED) is 0.872. The lowest BCUT2D eigenvalue weighted by atomic mass is 10.0. The number of rotatable bonds is 4. The third kappa shape index (κ3) is 2.83. The SMILES string of the molecule is Cc1ccc(C(C)(O)CNc2nnc(C)s2)o1. The fourth-order valence-electron chi connectivity index (χ4n) is 1.43. The van der Waals surface area contributed by atoms with Crippen molar-refractivity contribution in [1.82, 2.24) is 10.2 Å². The Kier molecular flexibility index (Phi) is 3.17. The number of aromatic nitrogens is 2. The first kappa shape index (κ1) is 12.1. The Labute approximate surface area is 103 Å². The zero-order valence-corrected chi connectivity index (χ0v) is 10.8. The lowest BCUT2D eigenvalue weighted by Crippen LogP contribution is -2.30. The predicted molar refractivity (Wildman–Crippen MR) is 66.2 cm³/mol. The van der Waals surface area contributed by atoms with E-state index in [0.29, 0.717) is 17.4 Å². The van der Waals surface area contributed by atoms with E-state index in [1.165, 1.54) is 11.3 Å². The summed E-state index contributed by atoms with van der Waals surface area (Å²) in [6.45, 7) is 5.76. The second-order valence-electron chi connectivity index (χ2n) is 4.16. The Morgan fingerprint density at radius 2 is 2.18 bits per heavy atom. The maximum Gasteiger partial charge on any atom is 0.205 e. The van der Waals surface area contributed by atoms with E-state index in [-0.39, 0.29) is 0 Å². The van der Waals surface area contributed by atoms with E-state index < -0.39 is 5.60 Å². The van der Waals surface area contributed by atoms with Gasteiger partial charge in [0.15, 0.2) is 0 Å². The van der Waals surface area contributed by atoms with Crippen LogP contribution in [-0.2, 0) is 5.60 Å². The van der Waals surface area contributed by atoms with Gasteiger partial charge in [-0.1, -0.05) is 11.3 Å². The summed E-state index contributed by atoms with van der Waals surface area (Å²) in [5.41, 5.74) is -1.06. The largest absolute Gasteiger partial charge is 0.463 e. The molecule has 0 aliphatic heterocycles.